The van der Waals surface area contributed by atoms with Crippen molar-refractivity contribution in [2.75, 3.05) is 11.5 Å². The van der Waals surface area contributed by atoms with Crippen LogP contribution in [0, 0.1) is 5.92 Å². The molecule has 0 saturated heterocycles. The Morgan fingerprint density at radius 3 is 2.20 bits per heavy atom. The van der Waals surface area contributed by atoms with Gasteiger partial charge in [0.1, 0.15) is 0 Å². The van der Waals surface area contributed by atoms with Gasteiger partial charge in [0.25, 0.3) is 0 Å². The fourth-order valence-electron chi connectivity index (χ4n) is 1.78. The minimum absolute atomic E-state index is 0.987. The molecule has 0 N–H and O–H groups in total. The fourth-order valence-corrected chi connectivity index (χ4v) is 3.09. The summed E-state index contributed by atoms with van der Waals surface area (Å²) in [5, 5.41) is 0. The summed E-state index contributed by atoms with van der Waals surface area (Å²) in [7, 11) is 0. The number of hydrogen-bond donors (Lipinski definition) is 0. The van der Waals surface area contributed by atoms with Crippen LogP contribution in [-0.2, 0) is 0 Å². The Morgan fingerprint density at radius 2 is 1.60 bits per heavy atom. The van der Waals surface area contributed by atoms with E-state index >= 15 is 0 Å². The first-order valence-electron chi connectivity index (χ1n) is 6.92. The zero-order valence-electron chi connectivity index (χ0n) is 11.1. The highest BCUT2D eigenvalue weighted by Crippen LogP contribution is 2.19. The summed E-state index contributed by atoms with van der Waals surface area (Å²) in [6.45, 7) is 6.92. The van der Waals surface area contributed by atoms with Gasteiger partial charge in [-0.25, -0.2) is 0 Å². The van der Waals surface area contributed by atoms with Gasteiger partial charge < -0.3 is 0 Å². The average molecular weight is 230 g/mol. The lowest BCUT2D eigenvalue weighted by Crippen LogP contribution is -2.02. The molecule has 92 valence electrons. The standard InChI is InChI=1S/C14H30S/c1-4-7-9-10-12-15-13-14(6-3)11-8-5-2/h14H,4-13H2,1-3H3. The second-order valence-corrected chi connectivity index (χ2v) is 5.70. The molecule has 0 rings (SSSR count). The minimum atomic E-state index is 0.987. The molecule has 0 saturated carbocycles. The molecule has 1 heteroatoms. The van der Waals surface area contributed by atoms with Crippen LogP contribution in [0.5, 0.6) is 0 Å². The van der Waals surface area contributed by atoms with Crippen molar-refractivity contribution >= 4 is 11.8 Å². The van der Waals surface area contributed by atoms with Gasteiger partial charge >= 0.3 is 0 Å². The van der Waals surface area contributed by atoms with Crippen LogP contribution in [0.2, 0.25) is 0 Å². The molecule has 0 aliphatic carbocycles. The Kier molecular flexibility index (Phi) is 12.7. The lowest BCUT2D eigenvalue weighted by Gasteiger charge is -2.13. The average Bonchev–Trinajstić information content (AvgIpc) is 2.27. The maximum atomic E-state index is 2.35. The van der Waals surface area contributed by atoms with E-state index in [0.717, 1.165) is 5.92 Å². The summed E-state index contributed by atoms with van der Waals surface area (Å²) >= 11 is 2.19. The maximum Gasteiger partial charge on any atom is -0.00392 e. The van der Waals surface area contributed by atoms with Gasteiger partial charge in [0.2, 0.25) is 0 Å². The van der Waals surface area contributed by atoms with Crippen molar-refractivity contribution in [1.29, 1.82) is 0 Å². The first kappa shape index (κ1) is 15.3. The van der Waals surface area contributed by atoms with Gasteiger partial charge in [-0.15, -0.1) is 0 Å². The van der Waals surface area contributed by atoms with Crippen molar-refractivity contribution in [3.8, 4) is 0 Å². The summed E-state index contributed by atoms with van der Waals surface area (Å²) in [5.41, 5.74) is 0. The first-order valence-corrected chi connectivity index (χ1v) is 8.08. The molecule has 0 fully saturated rings. The van der Waals surface area contributed by atoms with Crippen LogP contribution in [0.1, 0.15) is 72.1 Å². The smallest absolute Gasteiger partial charge is 0.00392 e. The highest BCUT2D eigenvalue weighted by molar-refractivity contribution is 7.99. The van der Waals surface area contributed by atoms with Gasteiger partial charge in [0.15, 0.2) is 0 Å². The van der Waals surface area contributed by atoms with Gasteiger partial charge in [-0.05, 0) is 30.3 Å². The van der Waals surface area contributed by atoms with Crippen LogP contribution in [-0.4, -0.2) is 11.5 Å². The number of rotatable bonds is 11. The topological polar surface area (TPSA) is 0 Å². The minimum Gasteiger partial charge on any atom is -0.162 e. The molecule has 0 aromatic rings. The summed E-state index contributed by atoms with van der Waals surface area (Å²) in [6.07, 6.45) is 11.3. The monoisotopic (exact) mass is 230 g/mol. The predicted molar refractivity (Wildman–Crippen MR) is 74.8 cm³/mol. The molecule has 0 nitrogen and oxygen atoms in total. The zero-order chi connectivity index (χ0) is 11.4. The molecule has 0 bridgehead atoms. The maximum absolute atomic E-state index is 2.35. The SMILES string of the molecule is CCCCCCSCC(CC)CCCC. The second-order valence-electron chi connectivity index (χ2n) is 4.55. The number of hydrogen-bond acceptors (Lipinski definition) is 1. The fraction of sp³-hybridized carbons (Fsp3) is 1.00. The molecule has 0 amide bonds. The van der Waals surface area contributed by atoms with Gasteiger partial charge in [0.05, 0.1) is 0 Å². The predicted octanol–water partition coefficient (Wildman–Crippen LogP) is 5.52. The Balaban J connectivity index is 3.22. The molecule has 0 spiro atoms. The molecule has 0 aromatic carbocycles. The van der Waals surface area contributed by atoms with E-state index in [1.54, 1.807) is 0 Å². The molecule has 0 aromatic heterocycles. The molecule has 15 heavy (non-hydrogen) atoms. The Hall–Kier alpha value is 0.350. The van der Waals surface area contributed by atoms with E-state index < -0.39 is 0 Å². The molecule has 0 aliphatic rings. The number of thioether (sulfide) groups is 1. The largest absolute Gasteiger partial charge is 0.162 e. The Bertz CT molecular complexity index is 112. The van der Waals surface area contributed by atoms with E-state index in [2.05, 4.69) is 32.5 Å². The van der Waals surface area contributed by atoms with Crippen LogP contribution in [0.25, 0.3) is 0 Å². The van der Waals surface area contributed by atoms with Crippen molar-refractivity contribution in [3.63, 3.8) is 0 Å². The van der Waals surface area contributed by atoms with Crippen LogP contribution in [0.15, 0.2) is 0 Å². The zero-order valence-corrected chi connectivity index (χ0v) is 11.9. The molecule has 0 radical (unpaired) electrons. The molecular formula is C14H30S. The van der Waals surface area contributed by atoms with Crippen LogP contribution < -0.4 is 0 Å². The molecule has 0 aliphatic heterocycles. The Labute approximate surface area is 102 Å². The summed E-state index contributed by atoms with van der Waals surface area (Å²) in [4.78, 5) is 0. The summed E-state index contributed by atoms with van der Waals surface area (Å²) in [5.74, 6) is 3.78. The third-order valence-corrected chi connectivity index (χ3v) is 4.32. The van der Waals surface area contributed by atoms with E-state index in [4.69, 9.17) is 0 Å². The first-order chi connectivity index (χ1) is 7.35. The molecule has 1 unspecified atom stereocenters. The summed E-state index contributed by atoms with van der Waals surface area (Å²) in [6, 6.07) is 0. The van der Waals surface area contributed by atoms with Crippen molar-refractivity contribution in [2.45, 2.75) is 72.1 Å². The lowest BCUT2D eigenvalue weighted by atomic mass is 10.0. The van der Waals surface area contributed by atoms with E-state index in [1.165, 1.54) is 62.9 Å². The van der Waals surface area contributed by atoms with E-state index in [-0.39, 0.29) is 0 Å². The van der Waals surface area contributed by atoms with Crippen molar-refractivity contribution < 1.29 is 0 Å². The molecule has 0 heterocycles. The van der Waals surface area contributed by atoms with E-state index in [0.29, 0.717) is 0 Å². The van der Waals surface area contributed by atoms with Crippen molar-refractivity contribution in [3.05, 3.63) is 0 Å². The highest BCUT2D eigenvalue weighted by atomic mass is 32.2. The van der Waals surface area contributed by atoms with Gasteiger partial charge in [0, 0.05) is 0 Å². The molecular weight excluding hydrogens is 200 g/mol. The van der Waals surface area contributed by atoms with E-state index in [9.17, 15) is 0 Å². The van der Waals surface area contributed by atoms with Gasteiger partial charge in [-0.3, -0.25) is 0 Å². The number of unbranched alkanes of at least 4 members (excludes halogenated alkanes) is 4. The third kappa shape index (κ3) is 10.6. The highest BCUT2D eigenvalue weighted by Gasteiger charge is 2.05. The van der Waals surface area contributed by atoms with Crippen molar-refractivity contribution in [1.82, 2.24) is 0 Å². The van der Waals surface area contributed by atoms with Crippen molar-refractivity contribution in [2.24, 2.45) is 5.92 Å². The summed E-state index contributed by atoms with van der Waals surface area (Å²) < 4.78 is 0. The quantitative estimate of drug-likeness (QED) is 0.421. The lowest BCUT2D eigenvalue weighted by molar-refractivity contribution is 0.499. The molecule has 1 atom stereocenters. The van der Waals surface area contributed by atoms with Crippen LogP contribution in [0.4, 0.5) is 0 Å². The van der Waals surface area contributed by atoms with Crippen LogP contribution in [0.3, 0.4) is 0 Å². The second kappa shape index (κ2) is 12.4. The van der Waals surface area contributed by atoms with Crippen LogP contribution >= 0.6 is 11.8 Å². The third-order valence-electron chi connectivity index (χ3n) is 3.04. The van der Waals surface area contributed by atoms with Gasteiger partial charge in [-0.2, -0.15) is 11.8 Å². The van der Waals surface area contributed by atoms with E-state index in [1.807, 2.05) is 0 Å². The normalized spacial score (nSPS) is 13.0. The Morgan fingerprint density at radius 1 is 0.867 bits per heavy atom. The van der Waals surface area contributed by atoms with Gasteiger partial charge in [-0.1, -0.05) is 59.3 Å².